The molecule has 1 atom stereocenters. The summed E-state index contributed by atoms with van der Waals surface area (Å²) in [6, 6.07) is 12.4. The molecule has 0 bridgehead atoms. The molecule has 4 nitrogen and oxygen atoms in total. The highest BCUT2D eigenvalue weighted by molar-refractivity contribution is 7.91. The van der Waals surface area contributed by atoms with E-state index in [-0.39, 0.29) is 12.2 Å². The lowest BCUT2D eigenvalue weighted by molar-refractivity contribution is 0.591. The van der Waals surface area contributed by atoms with Crippen LogP contribution in [0.3, 0.4) is 0 Å². The zero-order chi connectivity index (χ0) is 12.5. The largest absolute Gasteiger partial charge is 0.228 e. The summed E-state index contributed by atoms with van der Waals surface area (Å²) in [5, 5.41) is 16.8. The van der Waals surface area contributed by atoms with Gasteiger partial charge in [-0.25, -0.2) is 8.42 Å². The second kappa shape index (κ2) is 3.87. The van der Waals surface area contributed by atoms with Gasteiger partial charge in [0.15, 0.2) is 15.3 Å². The molecule has 1 saturated carbocycles. The van der Waals surface area contributed by atoms with Gasteiger partial charge >= 0.3 is 0 Å². The van der Waals surface area contributed by atoms with Gasteiger partial charge in [-0.15, -0.1) is 0 Å². The third-order valence-electron chi connectivity index (χ3n) is 2.94. The maximum Gasteiger partial charge on any atom is 0.161 e. The van der Waals surface area contributed by atoms with Crippen LogP contribution in [0.15, 0.2) is 30.3 Å². The summed E-state index contributed by atoms with van der Waals surface area (Å²) in [7, 11) is -3.42. The van der Waals surface area contributed by atoms with Gasteiger partial charge in [0.1, 0.15) is 0 Å². The van der Waals surface area contributed by atoms with Gasteiger partial charge < -0.3 is 0 Å². The predicted molar refractivity (Wildman–Crippen MR) is 61.1 cm³/mol. The Bertz CT molecular complexity index is 594. The summed E-state index contributed by atoms with van der Waals surface area (Å²) < 4.78 is 24.0. The Morgan fingerprint density at radius 2 is 1.82 bits per heavy atom. The second-order valence-electron chi connectivity index (χ2n) is 4.18. The smallest absolute Gasteiger partial charge is 0.161 e. The molecule has 0 saturated heterocycles. The average molecular weight is 246 g/mol. The Balaban J connectivity index is 2.19. The number of nitriles is 2. The van der Waals surface area contributed by atoms with Crippen molar-refractivity contribution in [2.24, 2.45) is 5.41 Å². The third kappa shape index (κ3) is 2.02. The molecule has 1 aromatic rings. The number of hydrogen-bond acceptors (Lipinski definition) is 4. The highest BCUT2D eigenvalue weighted by Gasteiger charge is 2.62. The maximum absolute atomic E-state index is 12.0. The van der Waals surface area contributed by atoms with Crippen LogP contribution in [0.2, 0.25) is 0 Å². The molecule has 0 heterocycles. The lowest BCUT2D eigenvalue weighted by atomic mass is 10.2. The molecular weight excluding hydrogens is 236 g/mol. The van der Waals surface area contributed by atoms with E-state index in [2.05, 4.69) is 0 Å². The van der Waals surface area contributed by atoms with Crippen molar-refractivity contribution in [1.29, 1.82) is 10.5 Å². The number of sulfone groups is 1. The van der Waals surface area contributed by atoms with Gasteiger partial charge in [-0.05, 0) is 12.0 Å². The highest BCUT2D eigenvalue weighted by Crippen LogP contribution is 2.50. The first-order valence-electron chi connectivity index (χ1n) is 5.12. The Kier molecular flexibility index (Phi) is 2.65. The Labute approximate surface area is 100 Å². The Morgan fingerprint density at radius 3 is 2.29 bits per heavy atom. The molecule has 1 unspecified atom stereocenters. The van der Waals surface area contributed by atoms with E-state index in [0.717, 1.165) is 0 Å². The molecule has 5 heteroatoms. The maximum atomic E-state index is 12.0. The minimum atomic E-state index is -3.42. The van der Waals surface area contributed by atoms with Crippen LogP contribution in [-0.2, 0) is 15.6 Å². The lowest BCUT2D eigenvalue weighted by Gasteiger charge is -2.03. The van der Waals surface area contributed by atoms with Crippen molar-refractivity contribution >= 4 is 9.84 Å². The van der Waals surface area contributed by atoms with Crippen molar-refractivity contribution in [2.45, 2.75) is 17.4 Å². The Morgan fingerprint density at radius 1 is 1.24 bits per heavy atom. The van der Waals surface area contributed by atoms with Crippen molar-refractivity contribution in [3.63, 3.8) is 0 Å². The standard InChI is InChI=1S/C12H10N2O2S/c13-8-12(9-14)6-11(12)17(15,16)7-10-4-2-1-3-5-10/h1-5,11H,6-7H2. The van der Waals surface area contributed by atoms with Gasteiger partial charge in [0.25, 0.3) is 0 Å². The van der Waals surface area contributed by atoms with E-state index >= 15 is 0 Å². The van der Waals surface area contributed by atoms with E-state index in [1.807, 2.05) is 6.07 Å². The van der Waals surface area contributed by atoms with Crippen molar-refractivity contribution in [3.05, 3.63) is 35.9 Å². The van der Waals surface area contributed by atoms with Gasteiger partial charge in [0.2, 0.25) is 0 Å². The second-order valence-corrected chi connectivity index (χ2v) is 6.36. The van der Waals surface area contributed by atoms with E-state index in [4.69, 9.17) is 10.5 Å². The molecule has 86 valence electrons. The van der Waals surface area contributed by atoms with Crippen molar-refractivity contribution in [2.75, 3.05) is 0 Å². The monoisotopic (exact) mass is 246 g/mol. The molecule has 1 fully saturated rings. The molecule has 0 aliphatic heterocycles. The predicted octanol–water partition coefficient (Wildman–Crippen LogP) is 1.41. The minimum Gasteiger partial charge on any atom is -0.228 e. The van der Waals surface area contributed by atoms with E-state index in [1.54, 1.807) is 36.4 Å². The highest BCUT2D eigenvalue weighted by atomic mass is 32.2. The molecule has 0 radical (unpaired) electrons. The summed E-state index contributed by atoms with van der Waals surface area (Å²) in [5.41, 5.74) is -0.627. The summed E-state index contributed by atoms with van der Waals surface area (Å²) >= 11 is 0. The topological polar surface area (TPSA) is 81.7 Å². The molecule has 1 aliphatic carbocycles. The molecule has 2 rings (SSSR count). The van der Waals surface area contributed by atoms with Crippen LogP contribution in [0.25, 0.3) is 0 Å². The van der Waals surface area contributed by atoms with Crippen molar-refractivity contribution < 1.29 is 8.42 Å². The fourth-order valence-corrected chi connectivity index (χ4v) is 3.93. The number of rotatable bonds is 3. The van der Waals surface area contributed by atoms with Crippen molar-refractivity contribution in [3.8, 4) is 12.1 Å². The average Bonchev–Trinajstić information content (AvgIpc) is 3.06. The number of hydrogen-bond donors (Lipinski definition) is 0. The minimum absolute atomic E-state index is 0.108. The quantitative estimate of drug-likeness (QED) is 0.807. The Hall–Kier alpha value is -1.85. The molecule has 0 spiro atoms. The van der Waals surface area contributed by atoms with E-state index in [0.29, 0.717) is 5.56 Å². The fraction of sp³-hybridized carbons (Fsp3) is 0.333. The van der Waals surface area contributed by atoms with Crippen LogP contribution in [-0.4, -0.2) is 13.7 Å². The van der Waals surface area contributed by atoms with Gasteiger partial charge in [-0.3, -0.25) is 0 Å². The normalized spacial score (nSPS) is 21.2. The van der Waals surface area contributed by atoms with Crippen LogP contribution in [0.1, 0.15) is 12.0 Å². The first kappa shape index (κ1) is 11.6. The summed E-state index contributed by atoms with van der Waals surface area (Å²) in [6.07, 6.45) is 0.134. The molecule has 1 aliphatic rings. The SMILES string of the molecule is N#CC1(C#N)CC1S(=O)(=O)Cc1ccccc1. The van der Waals surface area contributed by atoms with Crippen LogP contribution < -0.4 is 0 Å². The lowest BCUT2D eigenvalue weighted by Crippen LogP contribution is -2.15. The fourth-order valence-electron chi connectivity index (χ4n) is 1.83. The van der Waals surface area contributed by atoms with E-state index in [1.165, 1.54) is 0 Å². The summed E-state index contributed by atoms with van der Waals surface area (Å²) in [5.74, 6) is -0.108. The van der Waals surface area contributed by atoms with Gasteiger partial charge in [0.05, 0.1) is 23.1 Å². The summed E-state index contributed by atoms with van der Waals surface area (Å²) in [4.78, 5) is 0. The molecule has 1 aromatic carbocycles. The number of nitrogens with zero attached hydrogens (tertiary/aromatic N) is 2. The first-order chi connectivity index (χ1) is 8.04. The molecule has 0 amide bonds. The van der Waals surface area contributed by atoms with E-state index in [9.17, 15) is 8.42 Å². The zero-order valence-electron chi connectivity index (χ0n) is 9.00. The van der Waals surface area contributed by atoms with Crippen LogP contribution in [0.4, 0.5) is 0 Å². The van der Waals surface area contributed by atoms with Gasteiger partial charge in [0, 0.05) is 0 Å². The third-order valence-corrected chi connectivity index (χ3v) is 5.11. The van der Waals surface area contributed by atoms with Gasteiger partial charge in [-0.2, -0.15) is 10.5 Å². The molecule has 0 N–H and O–H groups in total. The first-order valence-corrected chi connectivity index (χ1v) is 6.84. The molecule has 0 aromatic heterocycles. The van der Waals surface area contributed by atoms with E-state index < -0.39 is 20.5 Å². The summed E-state index contributed by atoms with van der Waals surface area (Å²) in [6.45, 7) is 0. The van der Waals surface area contributed by atoms with Gasteiger partial charge in [-0.1, -0.05) is 30.3 Å². The van der Waals surface area contributed by atoms with Crippen molar-refractivity contribution in [1.82, 2.24) is 0 Å². The van der Waals surface area contributed by atoms with Crippen LogP contribution in [0.5, 0.6) is 0 Å². The molecule has 17 heavy (non-hydrogen) atoms. The van der Waals surface area contributed by atoms with Crippen LogP contribution in [0, 0.1) is 28.1 Å². The zero-order valence-corrected chi connectivity index (χ0v) is 9.81. The molecular formula is C12H10N2O2S. The number of benzene rings is 1. The van der Waals surface area contributed by atoms with Crippen LogP contribution >= 0.6 is 0 Å².